The molecule has 3 aliphatic rings. The van der Waals surface area contributed by atoms with E-state index in [2.05, 4.69) is 5.32 Å². The number of fused-ring (bicyclic) bond motifs is 3. The maximum absolute atomic E-state index is 11.8. The molecule has 0 aromatic heterocycles. The number of nitrogens with one attached hydrogen (secondary N) is 1. The van der Waals surface area contributed by atoms with Gasteiger partial charge in [-0.25, -0.2) is 4.79 Å². The van der Waals surface area contributed by atoms with E-state index in [9.17, 15) is 9.90 Å². The Morgan fingerprint density at radius 1 is 1.30 bits per heavy atom. The number of ether oxygens (including phenoxy) is 4. The van der Waals surface area contributed by atoms with Gasteiger partial charge >= 0.3 is 12.1 Å². The Morgan fingerprint density at radius 2 is 1.80 bits per heavy atom. The Labute approximate surface area is 118 Å². The predicted octanol–water partition coefficient (Wildman–Crippen LogP) is 0.609. The molecule has 2 N–H and O–H groups in total. The summed E-state index contributed by atoms with van der Waals surface area (Å²) in [6.45, 7) is 8.26. The van der Waals surface area contributed by atoms with Gasteiger partial charge in [0.25, 0.3) is 0 Å². The van der Waals surface area contributed by atoms with E-state index in [-0.39, 0.29) is 12.0 Å². The molecular weight excluding hydrogens is 266 g/mol. The molecular formula is C13H23NO6. The van der Waals surface area contributed by atoms with Gasteiger partial charge in [-0.05, 0) is 20.8 Å². The summed E-state index contributed by atoms with van der Waals surface area (Å²) in [5, 5.41) is 12.0. The van der Waals surface area contributed by atoms with Crippen molar-refractivity contribution in [3.05, 3.63) is 0 Å². The van der Waals surface area contributed by atoms with Crippen LogP contribution in [0.3, 0.4) is 0 Å². The largest absolute Gasteiger partial charge is 0.444 e. The predicted molar refractivity (Wildman–Crippen MR) is 68.9 cm³/mol. The summed E-state index contributed by atoms with van der Waals surface area (Å²) in [6.07, 6.45) is -0.652. The number of carbonyl (C=O) groups excluding carboxylic acids is 1. The number of hydrogen-bond donors (Lipinski definition) is 2. The topological polar surface area (TPSA) is 86.3 Å². The molecule has 3 fully saturated rings. The lowest BCUT2D eigenvalue weighted by molar-refractivity contribution is -0.474. The molecule has 1 atom stereocenters. The number of aliphatic hydroxyl groups excluding tert-OH is 1. The minimum Gasteiger partial charge on any atom is -0.444 e. The Balaban J connectivity index is 2.00. The van der Waals surface area contributed by atoms with Crippen LogP contribution >= 0.6 is 0 Å². The van der Waals surface area contributed by atoms with Gasteiger partial charge in [0, 0.05) is 5.41 Å². The van der Waals surface area contributed by atoms with Gasteiger partial charge in [-0.15, -0.1) is 0 Å². The highest BCUT2D eigenvalue weighted by Gasteiger charge is 2.55. The lowest BCUT2D eigenvalue weighted by atomic mass is 9.91. The first-order chi connectivity index (χ1) is 9.18. The molecule has 7 heteroatoms. The summed E-state index contributed by atoms with van der Waals surface area (Å²) >= 11 is 0. The number of alkyl carbamates (subject to hydrolysis) is 1. The van der Waals surface area contributed by atoms with Crippen molar-refractivity contribution in [1.82, 2.24) is 5.32 Å². The van der Waals surface area contributed by atoms with Crippen molar-refractivity contribution >= 4 is 6.09 Å². The van der Waals surface area contributed by atoms with Crippen molar-refractivity contribution in [2.45, 2.75) is 45.3 Å². The van der Waals surface area contributed by atoms with Crippen LogP contribution in [0.1, 0.15) is 27.7 Å². The summed E-state index contributed by atoms with van der Waals surface area (Å²) in [7, 11) is 0. The van der Waals surface area contributed by atoms with Crippen molar-refractivity contribution in [3.8, 4) is 0 Å². The molecule has 116 valence electrons. The fraction of sp³-hybridized carbons (Fsp3) is 0.923. The normalized spacial score (nSPS) is 34.6. The summed E-state index contributed by atoms with van der Waals surface area (Å²) in [5.41, 5.74) is -0.796. The van der Waals surface area contributed by atoms with Crippen LogP contribution < -0.4 is 5.32 Å². The van der Waals surface area contributed by atoms with E-state index >= 15 is 0 Å². The SMILES string of the molecule is CC12COC(C(CO)NC(=O)OC(C)(C)C)(OC1)OC2. The second-order valence-corrected chi connectivity index (χ2v) is 6.66. The number of hydrogen-bond acceptors (Lipinski definition) is 6. The molecule has 20 heavy (non-hydrogen) atoms. The fourth-order valence-electron chi connectivity index (χ4n) is 2.07. The van der Waals surface area contributed by atoms with Gasteiger partial charge in [-0.3, -0.25) is 0 Å². The van der Waals surface area contributed by atoms with Crippen LogP contribution in [0, 0.1) is 5.41 Å². The van der Waals surface area contributed by atoms with Crippen LogP contribution in [0.4, 0.5) is 4.79 Å². The molecule has 3 heterocycles. The minimum absolute atomic E-state index is 0.173. The van der Waals surface area contributed by atoms with Crippen molar-refractivity contribution in [2.24, 2.45) is 5.41 Å². The molecule has 3 aliphatic heterocycles. The van der Waals surface area contributed by atoms with Gasteiger partial charge < -0.3 is 29.4 Å². The van der Waals surface area contributed by atoms with E-state index in [0.717, 1.165) is 0 Å². The second-order valence-electron chi connectivity index (χ2n) is 6.66. The Morgan fingerprint density at radius 3 is 2.20 bits per heavy atom. The molecule has 1 amide bonds. The van der Waals surface area contributed by atoms with Crippen LogP contribution in [-0.2, 0) is 18.9 Å². The zero-order valence-electron chi connectivity index (χ0n) is 12.4. The number of amides is 1. The van der Waals surface area contributed by atoms with Crippen LogP contribution in [0.5, 0.6) is 0 Å². The summed E-state index contributed by atoms with van der Waals surface area (Å²) in [6, 6.07) is -0.845. The first-order valence-corrected chi connectivity index (χ1v) is 6.70. The number of aliphatic hydroxyl groups is 1. The Bertz CT molecular complexity index is 353. The molecule has 0 aromatic rings. The monoisotopic (exact) mass is 289 g/mol. The lowest BCUT2D eigenvalue weighted by Gasteiger charge is -2.52. The van der Waals surface area contributed by atoms with Crippen molar-refractivity contribution in [1.29, 1.82) is 0 Å². The lowest BCUT2D eigenvalue weighted by Crippen LogP contribution is -2.68. The maximum atomic E-state index is 11.8. The molecule has 1 unspecified atom stereocenters. The molecule has 0 aromatic carbocycles. The highest BCUT2D eigenvalue weighted by Crippen LogP contribution is 2.39. The van der Waals surface area contributed by atoms with Gasteiger partial charge in [0.15, 0.2) is 0 Å². The summed E-state index contributed by atoms with van der Waals surface area (Å²) in [5.74, 6) is -1.43. The quantitative estimate of drug-likeness (QED) is 0.791. The average molecular weight is 289 g/mol. The average Bonchev–Trinajstić information content (AvgIpc) is 2.35. The molecule has 3 saturated heterocycles. The molecule has 2 bridgehead atoms. The van der Waals surface area contributed by atoms with Crippen LogP contribution in [0.25, 0.3) is 0 Å². The van der Waals surface area contributed by atoms with Gasteiger partial charge in [0.05, 0.1) is 26.4 Å². The van der Waals surface area contributed by atoms with Gasteiger partial charge in [0.2, 0.25) is 0 Å². The van der Waals surface area contributed by atoms with Crippen molar-refractivity contribution < 1.29 is 28.8 Å². The van der Waals surface area contributed by atoms with Crippen molar-refractivity contribution in [3.63, 3.8) is 0 Å². The molecule has 0 radical (unpaired) electrons. The number of carbonyl (C=O) groups is 1. The van der Waals surface area contributed by atoms with Crippen LogP contribution in [-0.4, -0.2) is 55.2 Å². The minimum atomic E-state index is -1.43. The highest BCUT2D eigenvalue weighted by molar-refractivity contribution is 5.68. The van der Waals surface area contributed by atoms with Crippen LogP contribution in [0.15, 0.2) is 0 Å². The molecule has 0 saturated carbocycles. The maximum Gasteiger partial charge on any atom is 0.408 e. The molecule has 0 aliphatic carbocycles. The second kappa shape index (κ2) is 5.14. The van der Waals surface area contributed by atoms with Gasteiger partial charge in [0.1, 0.15) is 11.6 Å². The molecule has 7 nitrogen and oxygen atoms in total. The van der Waals surface area contributed by atoms with E-state index < -0.39 is 23.7 Å². The standard InChI is InChI=1S/C13H23NO6/c1-11(2,3)20-10(16)14-9(5-15)13-17-6-12(4,7-18-13)8-19-13/h9,15H,5-8H2,1-4H3,(H,14,16). The third-order valence-electron chi connectivity index (χ3n) is 3.17. The first-order valence-electron chi connectivity index (χ1n) is 6.70. The Hall–Kier alpha value is -0.890. The third kappa shape index (κ3) is 3.22. The zero-order valence-corrected chi connectivity index (χ0v) is 12.4. The van der Waals surface area contributed by atoms with Crippen molar-refractivity contribution in [2.75, 3.05) is 26.4 Å². The Kier molecular flexibility index (Phi) is 3.98. The van der Waals surface area contributed by atoms with E-state index in [0.29, 0.717) is 19.8 Å². The highest BCUT2D eigenvalue weighted by atomic mass is 16.9. The van der Waals surface area contributed by atoms with Gasteiger partial charge in [-0.2, -0.15) is 0 Å². The zero-order chi connectivity index (χ0) is 15.0. The number of rotatable bonds is 3. The summed E-state index contributed by atoms with van der Waals surface area (Å²) in [4.78, 5) is 11.8. The van der Waals surface area contributed by atoms with E-state index in [1.165, 1.54) is 0 Å². The van der Waals surface area contributed by atoms with E-state index in [4.69, 9.17) is 18.9 Å². The first kappa shape index (κ1) is 15.5. The smallest absolute Gasteiger partial charge is 0.408 e. The molecule has 0 spiro atoms. The fourth-order valence-corrected chi connectivity index (χ4v) is 2.07. The van der Waals surface area contributed by atoms with Crippen LogP contribution in [0.2, 0.25) is 0 Å². The van der Waals surface area contributed by atoms with E-state index in [1.807, 2.05) is 6.92 Å². The molecule has 3 rings (SSSR count). The van der Waals surface area contributed by atoms with Gasteiger partial charge in [-0.1, -0.05) is 6.92 Å². The van der Waals surface area contributed by atoms with E-state index in [1.54, 1.807) is 20.8 Å². The third-order valence-corrected chi connectivity index (χ3v) is 3.17. The summed E-state index contributed by atoms with van der Waals surface area (Å²) < 4.78 is 21.9.